The van der Waals surface area contributed by atoms with Gasteiger partial charge in [0.25, 0.3) is 0 Å². The highest BCUT2D eigenvalue weighted by Gasteiger charge is 2.36. The first kappa shape index (κ1) is 26.9. The Morgan fingerprint density at radius 2 is 1.84 bits per heavy atom. The van der Waals surface area contributed by atoms with Crippen molar-refractivity contribution in [1.82, 2.24) is 4.58 Å². The standard InChI is InChI=1S/C37H34N2O5/c1-5-39-28-18-29-26(17-25(28)20(2)19-37(39,3)4)30(22-11-6-7-12-23(22)35(40)41)31-34(43-29)27-16-21-10-8-14-38-15-9-13-24(32(21)38)33(27)44-36(31)42/h6-7,11-12,16-19H,5,8-10,13-15H2,1-4H3/p+1. The first-order valence-electron chi connectivity index (χ1n) is 15.6. The van der Waals surface area contributed by atoms with Gasteiger partial charge >= 0.3 is 11.6 Å². The van der Waals surface area contributed by atoms with Crippen molar-refractivity contribution in [3.63, 3.8) is 0 Å². The van der Waals surface area contributed by atoms with Crippen LogP contribution in [0.25, 0.3) is 22.1 Å². The lowest BCUT2D eigenvalue weighted by atomic mass is 9.86. The lowest BCUT2D eigenvalue weighted by Gasteiger charge is -2.37. The fraction of sp³-hybridized carbons (Fsp3) is 0.324. The van der Waals surface area contributed by atoms with Gasteiger partial charge in [-0.25, -0.2) is 14.2 Å². The highest BCUT2D eigenvalue weighted by molar-refractivity contribution is 6.02. The Morgan fingerprint density at radius 3 is 2.61 bits per heavy atom. The number of benzene rings is 3. The van der Waals surface area contributed by atoms with E-state index in [1.54, 1.807) is 18.2 Å². The Kier molecular flexibility index (Phi) is 5.77. The van der Waals surface area contributed by atoms with Gasteiger partial charge in [0.15, 0.2) is 11.3 Å². The first-order valence-corrected chi connectivity index (χ1v) is 15.6. The van der Waals surface area contributed by atoms with Crippen LogP contribution in [0.5, 0.6) is 11.5 Å². The lowest BCUT2D eigenvalue weighted by molar-refractivity contribution is 0.0696. The molecule has 7 nitrogen and oxygen atoms in total. The normalized spacial score (nSPS) is 17.7. The molecule has 4 aliphatic heterocycles. The molecular weight excluding hydrogens is 552 g/mol. The van der Waals surface area contributed by atoms with E-state index in [1.165, 1.54) is 11.3 Å². The molecule has 0 saturated heterocycles. The van der Waals surface area contributed by atoms with Crippen molar-refractivity contribution in [2.75, 3.05) is 24.5 Å². The van der Waals surface area contributed by atoms with Crippen LogP contribution in [0.15, 0.2) is 57.8 Å². The van der Waals surface area contributed by atoms with E-state index >= 15 is 0 Å². The first-order chi connectivity index (χ1) is 21.2. The maximum atomic E-state index is 14.2. The van der Waals surface area contributed by atoms with Crippen LogP contribution in [0.1, 0.15) is 78.7 Å². The molecule has 0 fully saturated rings. The summed E-state index contributed by atoms with van der Waals surface area (Å²) in [7, 11) is 0. The molecule has 0 spiro atoms. The summed E-state index contributed by atoms with van der Waals surface area (Å²) >= 11 is 0. The van der Waals surface area contributed by atoms with Crippen molar-refractivity contribution in [1.29, 1.82) is 0 Å². The zero-order chi connectivity index (χ0) is 30.5. The number of allylic oxidation sites excluding steroid dienone is 1. The van der Waals surface area contributed by atoms with E-state index in [9.17, 15) is 14.7 Å². The third-order valence-electron chi connectivity index (χ3n) is 9.90. The van der Waals surface area contributed by atoms with Gasteiger partial charge in [-0.15, -0.1) is 0 Å². The summed E-state index contributed by atoms with van der Waals surface area (Å²) in [5.41, 5.74) is 6.97. The second-order valence-corrected chi connectivity index (χ2v) is 12.9. The number of carboxylic acid groups (broad SMARTS) is 1. The minimum absolute atomic E-state index is 0.123. The minimum atomic E-state index is -1.06. The molecule has 3 aromatic carbocycles. The van der Waals surface area contributed by atoms with Gasteiger partial charge in [-0.2, -0.15) is 0 Å². The monoisotopic (exact) mass is 587 g/mol. The molecule has 5 heterocycles. The van der Waals surface area contributed by atoms with Crippen molar-refractivity contribution in [2.45, 2.75) is 58.9 Å². The van der Waals surface area contributed by atoms with Crippen LogP contribution in [0.3, 0.4) is 0 Å². The quantitative estimate of drug-likeness (QED) is 0.229. The van der Waals surface area contributed by atoms with Crippen LogP contribution in [-0.4, -0.2) is 36.2 Å². The molecule has 4 aliphatic rings. The predicted octanol–water partition coefficient (Wildman–Crippen LogP) is 5.25. The number of hydrogen-bond acceptors (Lipinski definition) is 5. The SMILES string of the molecule is CC[N+]1=c2cc3c(cc2C(C)=CC1(C)C)=C(c1ccccc1C(=O)O)c1c(c2cc4c5c(c2oc1=O)CCCN5CCC4)O3. The largest absolute Gasteiger partial charge is 0.478 e. The number of hydrogen-bond donors (Lipinski definition) is 1. The number of anilines is 1. The maximum absolute atomic E-state index is 14.2. The van der Waals surface area contributed by atoms with E-state index in [0.717, 1.165) is 72.8 Å². The molecule has 0 aliphatic carbocycles. The van der Waals surface area contributed by atoms with Crippen LogP contribution in [0, 0.1) is 0 Å². The van der Waals surface area contributed by atoms with Gasteiger partial charge in [0, 0.05) is 54.5 Å². The maximum Gasteiger partial charge on any atom is 0.348 e. The van der Waals surface area contributed by atoms with Crippen molar-refractivity contribution in [3.05, 3.63) is 103 Å². The van der Waals surface area contributed by atoms with Gasteiger partial charge in [0.05, 0.1) is 17.0 Å². The Labute approximate surface area is 255 Å². The Bertz CT molecular complexity index is 2180. The molecule has 1 aromatic heterocycles. The van der Waals surface area contributed by atoms with Gasteiger partial charge in [-0.3, -0.25) is 0 Å². The molecular formula is C37H35N2O5+. The molecule has 4 aromatic rings. The molecule has 7 heteroatoms. The molecule has 0 bridgehead atoms. The molecule has 8 rings (SSSR count). The number of fused-ring (bicyclic) bond motifs is 6. The van der Waals surface area contributed by atoms with E-state index < -0.39 is 11.6 Å². The van der Waals surface area contributed by atoms with Crippen LogP contribution in [-0.2, 0) is 12.8 Å². The number of carbonyl (C=O) groups is 1. The molecule has 222 valence electrons. The zero-order valence-electron chi connectivity index (χ0n) is 25.5. The van der Waals surface area contributed by atoms with Crippen molar-refractivity contribution in [3.8, 4) is 11.5 Å². The molecule has 0 radical (unpaired) electrons. The summed E-state index contributed by atoms with van der Waals surface area (Å²) in [5, 5.41) is 12.8. The van der Waals surface area contributed by atoms with Gasteiger partial charge in [0.1, 0.15) is 23.4 Å². The predicted molar refractivity (Wildman–Crippen MR) is 172 cm³/mol. The van der Waals surface area contributed by atoms with E-state index in [1.807, 2.05) is 6.07 Å². The van der Waals surface area contributed by atoms with Crippen LogP contribution in [0.2, 0.25) is 0 Å². The van der Waals surface area contributed by atoms with E-state index in [4.69, 9.17) is 9.15 Å². The summed E-state index contributed by atoms with van der Waals surface area (Å²) in [6.07, 6.45) is 6.13. The molecule has 0 amide bonds. The third-order valence-corrected chi connectivity index (χ3v) is 9.90. The number of aromatic carboxylic acids is 1. The van der Waals surface area contributed by atoms with Crippen molar-refractivity contribution < 1.29 is 19.1 Å². The Morgan fingerprint density at radius 1 is 1.07 bits per heavy atom. The van der Waals surface area contributed by atoms with Gasteiger partial charge in [-0.1, -0.05) is 18.2 Å². The highest BCUT2D eigenvalue weighted by atomic mass is 16.5. The zero-order valence-corrected chi connectivity index (χ0v) is 25.5. The number of ether oxygens (including phenoxy) is 1. The van der Waals surface area contributed by atoms with E-state index in [-0.39, 0.29) is 16.7 Å². The third kappa shape index (κ3) is 3.71. The van der Waals surface area contributed by atoms with Crippen molar-refractivity contribution in [2.24, 2.45) is 0 Å². The fourth-order valence-corrected chi connectivity index (χ4v) is 8.18. The number of likely N-dealkylation sites (N-methyl/N-ethyl adjacent to an activating group) is 1. The number of aryl methyl sites for hydroxylation is 2. The summed E-state index contributed by atoms with van der Waals surface area (Å²) in [4.78, 5) is 29.1. The number of carboxylic acids is 1. The molecule has 0 saturated carbocycles. The summed E-state index contributed by atoms with van der Waals surface area (Å²) in [6, 6.07) is 13.2. The van der Waals surface area contributed by atoms with Gasteiger partial charge in [-0.05, 0) is 80.5 Å². The molecule has 0 atom stereocenters. The van der Waals surface area contributed by atoms with Crippen LogP contribution in [0.4, 0.5) is 5.69 Å². The summed E-state index contributed by atoms with van der Waals surface area (Å²) < 4.78 is 15.4. The average Bonchev–Trinajstić information content (AvgIpc) is 3.00. The smallest absolute Gasteiger partial charge is 0.348 e. The minimum Gasteiger partial charge on any atom is -0.478 e. The number of nitrogens with zero attached hydrogens (tertiary/aromatic N) is 2. The summed E-state index contributed by atoms with van der Waals surface area (Å²) in [6.45, 7) is 11.5. The van der Waals surface area contributed by atoms with E-state index in [0.29, 0.717) is 33.4 Å². The second kappa shape index (κ2) is 9.42. The average molecular weight is 588 g/mol. The van der Waals surface area contributed by atoms with Crippen LogP contribution >= 0.6 is 0 Å². The lowest BCUT2D eigenvalue weighted by Crippen LogP contribution is -2.49. The van der Waals surface area contributed by atoms with Crippen LogP contribution < -0.4 is 30.4 Å². The molecule has 44 heavy (non-hydrogen) atoms. The molecule has 0 unspecified atom stereocenters. The topological polar surface area (TPSA) is 83.0 Å². The Hall–Kier alpha value is -4.65. The van der Waals surface area contributed by atoms with Gasteiger partial charge in [0.2, 0.25) is 5.36 Å². The van der Waals surface area contributed by atoms with Gasteiger partial charge < -0.3 is 19.2 Å². The Balaban J connectivity index is 1.55. The van der Waals surface area contributed by atoms with Crippen molar-refractivity contribution >= 4 is 33.8 Å². The summed E-state index contributed by atoms with van der Waals surface area (Å²) in [5.74, 6) is 0.000654. The molecule has 1 N–H and O–H groups in total. The number of rotatable bonds is 3. The fourth-order valence-electron chi connectivity index (χ4n) is 8.18. The van der Waals surface area contributed by atoms with E-state index in [2.05, 4.69) is 61.4 Å². The highest BCUT2D eigenvalue weighted by Crippen LogP contribution is 2.46. The second-order valence-electron chi connectivity index (χ2n) is 12.9.